The zero-order valence-corrected chi connectivity index (χ0v) is 11.4. The summed E-state index contributed by atoms with van der Waals surface area (Å²) in [7, 11) is 0. The van der Waals surface area contributed by atoms with E-state index in [-0.39, 0.29) is 0 Å². The third kappa shape index (κ3) is 10.3. The van der Waals surface area contributed by atoms with Gasteiger partial charge in [0.1, 0.15) is 0 Å². The lowest BCUT2D eigenvalue weighted by atomic mass is 9.93. The lowest BCUT2D eigenvalue weighted by Gasteiger charge is -2.13. The molecule has 0 fully saturated rings. The van der Waals surface area contributed by atoms with Crippen LogP contribution in [0.25, 0.3) is 0 Å². The lowest BCUT2D eigenvalue weighted by Crippen LogP contribution is -1.98. The van der Waals surface area contributed by atoms with Crippen molar-refractivity contribution in [1.29, 1.82) is 0 Å². The van der Waals surface area contributed by atoms with E-state index >= 15 is 0 Å². The van der Waals surface area contributed by atoms with E-state index in [1.54, 1.807) is 0 Å². The SMILES string of the molecule is CCCCCCCCC(CC)CCCC. The monoisotopic (exact) mass is 212 g/mol. The highest BCUT2D eigenvalue weighted by Crippen LogP contribution is 2.20. The largest absolute Gasteiger partial charge is 0.0654 e. The van der Waals surface area contributed by atoms with Crippen LogP contribution in [-0.2, 0) is 0 Å². The van der Waals surface area contributed by atoms with Gasteiger partial charge in [0.2, 0.25) is 0 Å². The van der Waals surface area contributed by atoms with Crippen molar-refractivity contribution in [3.8, 4) is 0 Å². The molecule has 0 bridgehead atoms. The van der Waals surface area contributed by atoms with Crippen molar-refractivity contribution in [3.63, 3.8) is 0 Å². The van der Waals surface area contributed by atoms with Gasteiger partial charge in [-0.2, -0.15) is 0 Å². The summed E-state index contributed by atoms with van der Waals surface area (Å²) in [5, 5.41) is 0. The fraction of sp³-hybridized carbons (Fsp3) is 1.00. The summed E-state index contributed by atoms with van der Waals surface area (Å²) in [5.74, 6) is 1.02. The molecule has 0 aliphatic rings. The fourth-order valence-corrected chi connectivity index (χ4v) is 2.26. The first kappa shape index (κ1) is 15.0. The molecule has 0 N–H and O–H groups in total. The first-order valence-corrected chi connectivity index (χ1v) is 7.35. The third-order valence-corrected chi connectivity index (χ3v) is 3.51. The molecule has 0 saturated heterocycles. The van der Waals surface area contributed by atoms with Crippen LogP contribution in [0.3, 0.4) is 0 Å². The molecule has 0 spiro atoms. The van der Waals surface area contributed by atoms with Crippen LogP contribution in [0.4, 0.5) is 0 Å². The van der Waals surface area contributed by atoms with Gasteiger partial charge in [0.05, 0.1) is 0 Å². The van der Waals surface area contributed by atoms with Crippen molar-refractivity contribution in [2.75, 3.05) is 0 Å². The van der Waals surface area contributed by atoms with Gasteiger partial charge in [0, 0.05) is 0 Å². The van der Waals surface area contributed by atoms with Gasteiger partial charge in [-0.25, -0.2) is 0 Å². The molecule has 0 aromatic carbocycles. The highest BCUT2D eigenvalue weighted by atomic mass is 14.1. The van der Waals surface area contributed by atoms with E-state index in [9.17, 15) is 0 Å². The van der Waals surface area contributed by atoms with Crippen molar-refractivity contribution >= 4 is 0 Å². The Bertz CT molecular complexity index is 107. The van der Waals surface area contributed by atoms with E-state index in [2.05, 4.69) is 20.8 Å². The molecule has 92 valence electrons. The molecule has 0 aromatic rings. The lowest BCUT2D eigenvalue weighted by molar-refractivity contribution is 0.400. The summed E-state index contributed by atoms with van der Waals surface area (Å²) in [5.41, 5.74) is 0. The van der Waals surface area contributed by atoms with Crippen LogP contribution in [0.2, 0.25) is 0 Å². The molecular formula is C15H32. The predicted molar refractivity (Wildman–Crippen MR) is 71.3 cm³/mol. The van der Waals surface area contributed by atoms with Crippen molar-refractivity contribution in [2.45, 2.75) is 91.4 Å². The quantitative estimate of drug-likeness (QED) is 0.371. The minimum absolute atomic E-state index is 1.02. The second kappa shape index (κ2) is 12.1. The smallest absolute Gasteiger partial charge is 0.0417 e. The van der Waals surface area contributed by atoms with Gasteiger partial charge in [0.25, 0.3) is 0 Å². The van der Waals surface area contributed by atoms with Gasteiger partial charge in [-0.3, -0.25) is 0 Å². The molecule has 1 unspecified atom stereocenters. The Balaban J connectivity index is 3.22. The third-order valence-electron chi connectivity index (χ3n) is 3.51. The molecule has 0 saturated carbocycles. The van der Waals surface area contributed by atoms with E-state index in [0.717, 1.165) is 5.92 Å². The molecule has 1 atom stereocenters. The van der Waals surface area contributed by atoms with Crippen molar-refractivity contribution in [2.24, 2.45) is 5.92 Å². The summed E-state index contributed by atoms with van der Waals surface area (Å²) in [4.78, 5) is 0. The van der Waals surface area contributed by atoms with Crippen molar-refractivity contribution in [1.82, 2.24) is 0 Å². The van der Waals surface area contributed by atoms with Crippen LogP contribution >= 0.6 is 0 Å². The Morgan fingerprint density at radius 1 is 0.600 bits per heavy atom. The molecule has 0 aliphatic carbocycles. The molecule has 15 heavy (non-hydrogen) atoms. The van der Waals surface area contributed by atoms with Crippen LogP contribution in [0.5, 0.6) is 0 Å². The molecule has 0 heterocycles. The minimum atomic E-state index is 1.02. The van der Waals surface area contributed by atoms with Gasteiger partial charge in [-0.1, -0.05) is 91.4 Å². The maximum absolute atomic E-state index is 2.36. The molecule has 0 aromatic heterocycles. The van der Waals surface area contributed by atoms with Gasteiger partial charge < -0.3 is 0 Å². The van der Waals surface area contributed by atoms with Crippen LogP contribution < -0.4 is 0 Å². The Morgan fingerprint density at radius 3 is 1.73 bits per heavy atom. The summed E-state index contributed by atoms with van der Waals surface area (Å²) in [6.45, 7) is 6.95. The van der Waals surface area contributed by atoms with Crippen molar-refractivity contribution in [3.05, 3.63) is 0 Å². The Morgan fingerprint density at radius 2 is 1.13 bits per heavy atom. The number of hydrogen-bond acceptors (Lipinski definition) is 0. The van der Waals surface area contributed by atoms with E-state index < -0.39 is 0 Å². The normalized spacial score (nSPS) is 13.0. The summed E-state index contributed by atoms with van der Waals surface area (Å²) in [6, 6.07) is 0. The van der Waals surface area contributed by atoms with Gasteiger partial charge in [-0.05, 0) is 5.92 Å². The molecule has 0 amide bonds. The summed E-state index contributed by atoms with van der Waals surface area (Å²) < 4.78 is 0. The Kier molecular flexibility index (Phi) is 12.1. The van der Waals surface area contributed by atoms with E-state index in [4.69, 9.17) is 0 Å². The molecule has 0 aliphatic heterocycles. The Hall–Kier alpha value is 0. The summed E-state index contributed by atoms with van der Waals surface area (Å²) >= 11 is 0. The molecule has 0 nitrogen and oxygen atoms in total. The van der Waals surface area contributed by atoms with Gasteiger partial charge in [-0.15, -0.1) is 0 Å². The Labute approximate surface area is 97.8 Å². The second-order valence-electron chi connectivity index (χ2n) is 4.97. The topological polar surface area (TPSA) is 0 Å². The van der Waals surface area contributed by atoms with Crippen LogP contribution in [0.15, 0.2) is 0 Å². The minimum Gasteiger partial charge on any atom is -0.0654 e. The van der Waals surface area contributed by atoms with Crippen molar-refractivity contribution < 1.29 is 0 Å². The van der Waals surface area contributed by atoms with Crippen LogP contribution in [0.1, 0.15) is 91.4 Å². The van der Waals surface area contributed by atoms with Crippen LogP contribution in [-0.4, -0.2) is 0 Å². The van der Waals surface area contributed by atoms with Crippen LogP contribution in [0, 0.1) is 5.92 Å². The maximum Gasteiger partial charge on any atom is -0.0417 e. The second-order valence-corrected chi connectivity index (χ2v) is 4.97. The first-order chi connectivity index (χ1) is 7.35. The molecule has 0 heteroatoms. The van der Waals surface area contributed by atoms with E-state index in [1.165, 1.54) is 70.6 Å². The average Bonchev–Trinajstić information content (AvgIpc) is 2.27. The van der Waals surface area contributed by atoms with E-state index in [0.29, 0.717) is 0 Å². The summed E-state index contributed by atoms with van der Waals surface area (Å²) in [6.07, 6.45) is 15.9. The predicted octanol–water partition coefficient (Wildman–Crippen LogP) is 5.95. The standard InChI is InChI=1S/C15H32/c1-4-7-9-10-11-12-14-15(6-3)13-8-5-2/h15H,4-14H2,1-3H3. The first-order valence-electron chi connectivity index (χ1n) is 7.35. The van der Waals surface area contributed by atoms with Gasteiger partial charge >= 0.3 is 0 Å². The molecular weight excluding hydrogens is 180 g/mol. The zero-order chi connectivity index (χ0) is 11.4. The van der Waals surface area contributed by atoms with Gasteiger partial charge in [0.15, 0.2) is 0 Å². The molecule has 0 rings (SSSR count). The molecule has 0 radical (unpaired) electrons. The number of hydrogen-bond donors (Lipinski definition) is 0. The van der Waals surface area contributed by atoms with E-state index in [1.807, 2.05) is 0 Å². The number of rotatable bonds is 11. The fourth-order valence-electron chi connectivity index (χ4n) is 2.26. The highest BCUT2D eigenvalue weighted by Gasteiger charge is 2.04. The maximum atomic E-state index is 2.36. The number of unbranched alkanes of at least 4 members (excludes halogenated alkanes) is 6. The zero-order valence-electron chi connectivity index (χ0n) is 11.4. The highest BCUT2D eigenvalue weighted by molar-refractivity contribution is 4.58. The average molecular weight is 212 g/mol.